The van der Waals surface area contributed by atoms with Crippen LogP contribution in [0.5, 0.6) is 0 Å². The molecule has 1 atom stereocenters. The first-order chi connectivity index (χ1) is 14.1. The zero-order chi connectivity index (χ0) is 22.6. The zero-order valence-corrected chi connectivity index (χ0v) is 22.2. The Balaban J connectivity index is 0.00000218. The van der Waals surface area contributed by atoms with Gasteiger partial charge in [-0.1, -0.05) is 58.0 Å². The summed E-state index contributed by atoms with van der Waals surface area (Å²) in [4.78, 5) is 5.06. The van der Waals surface area contributed by atoms with Crippen LogP contribution in [0.4, 0.5) is 0 Å². The first kappa shape index (κ1) is 28.2. The van der Waals surface area contributed by atoms with E-state index in [1.54, 1.807) is 0 Å². The summed E-state index contributed by atoms with van der Waals surface area (Å²) in [6.07, 6.45) is 0. The van der Waals surface area contributed by atoms with Gasteiger partial charge in [-0.25, -0.2) is 0 Å². The number of piperazine rings is 1. The molecule has 0 N–H and O–H groups in total. The molecule has 1 fully saturated rings. The molecule has 0 aromatic heterocycles. The molecule has 0 saturated carbocycles. The predicted molar refractivity (Wildman–Crippen MR) is 127 cm³/mol. The molecule has 1 aliphatic rings. The van der Waals surface area contributed by atoms with Crippen molar-refractivity contribution in [2.24, 2.45) is 0 Å². The molecule has 1 aromatic rings. The zero-order valence-electron chi connectivity index (χ0n) is 18.7. The third-order valence-corrected chi connectivity index (χ3v) is 5.00. The Bertz CT molecular complexity index is 573. The maximum atomic E-state index is 8.22. The summed E-state index contributed by atoms with van der Waals surface area (Å²) in [6, 6.07) is 10.9. The van der Waals surface area contributed by atoms with Crippen molar-refractivity contribution in [2.75, 3.05) is 52.4 Å². The Morgan fingerprint density at radius 2 is 1.47 bits per heavy atom. The van der Waals surface area contributed by atoms with Crippen LogP contribution in [0, 0.1) is 0 Å². The topological polar surface area (TPSA) is 51.8 Å². The minimum absolute atomic E-state index is 0.176. The van der Waals surface area contributed by atoms with Crippen LogP contribution in [0.25, 0.3) is 10.6 Å². The Kier molecular flexibility index (Phi) is 13.5. The van der Waals surface area contributed by atoms with Gasteiger partial charge in [0.2, 0.25) is 0 Å². The van der Waals surface area contributed by atoms with E-state index in [1.165, 1.54) is 5.56 Å². The second-order valence-corrected chi connectivity index (χ2v) is 11.4. The van der Waals surface area contributed by atoms with Crippen LogP contribution in [0.3, 0.4) is 0 Å². The first-order valence-corrected chi connectivity index (χ1v) is 12.0. The molecule has 8 heteroatoms. The third kappa shape index (κ3) is 13.6. The van der Waals surface area contributed by atoms with Crippen molar-refractivity contribution in [1.82, 2.24) is 9.80 Å². The van der Waals surface area contributed by atoms with E-state index < -0.39 is 0 Å². The molecule has 0 radical (unpaired) electrons. The molecule has 1 saturated heterocycles. The van der Waals surface area contributed by atoms with E-state index in [4.69, 9.17) is 39.4 Å². The van der Waals surface area contributed by atoms with Gasteiger partial charge in [-0.05, 0) is 12.1 Å². The Hall–Kier alpha value is 0.209. The van der Waals surface area contributed by atoms with Crippen molar-refractivity contribution in [2.45, 2.75) is 49.8 Å². The number of benzene rings is 1. The predicted octanol–water partition coefficient (Wildman–Crippen LogP) is 3.45. The minimum atomic E-state index is -0.191. The van der Waals surface area contributed by atoms with Gasteiger partial charge in [-0.2, -0.15) is 29.1 Å². The van der Waals surface area contributed by atoms with Crippen molar-refractivity contribution < 1.29 is 22.4 Å². The molecule has 5 nitrogen and oxygen atoms in total. The fourth-order valence-electron chi connectivity index (χ4n) is 3.27. The van der Waals surface area contributed by atoms with Crippen LogP contribution >= 0.6 is 0 Å². The SMILES string of the molecule is CC(C)([S-])C[N-]C[C@H](CN1CCN(Cc2ccccc2)CC1)[N-]CC(C)(C)[S-].[O]=[99Tc+4]. The van der Waals surface area contributed by atoms with E-state index in [2.05, 4.69) is 67.8 Å². The molecule has 0 spiro atoms. The monoisotopic (exact) mass is 535 g/mol. The van der Waals surface area contributed by atoms with Gasteiger partial charge in [-0.3, -0.25) is 4.90 Å². The molecule has 1 heterocycles. The van der Waals surface area contributed by atoms with E-state index in [9.17, 15) is 0 Å². The third-order valence-electron chi connectivity index (χ3n) is 4.75. The first-order valence-electron chi connectivity index (χ1n) is 10.5. The van der Waals surface area contributed by atoms with E-state index in [0.717, 1.165) is 64.7 Å². The standard InChI is InChI=1S/C22H38N4S2.O.Tc/c1-21(2,27)17-23-14-20(24-18-22(3,4)28)16-26-12-10-25(11-13-26)15-19-8-6-5-7-9-19;;/h5-9,20,27-28H,10-18H2,1-4H3;;/q-2;;+4/p-2/t20-;;/m1../s1/i;;1+1. The molecule has 2 rings (SSSR count). The maximum absolute atomic E-state index is 8.22. The number of rotatable bonds is 11. The average molecular weight is 536 g/mol. The van der Waals surface area contributed by atoms with Gasteiger partial charge in [0, 0.05) is 32.7 Å². The summed E-state index contributed by atoms with van der Waals surface area (Å²) in [5, 5.41) is 9.62. The van der Waals surface area contributed by atoms with Crippen LogP contribution < -0.4 is 0 Å². The molecule has 0 unspecified atom stereocenters. The molecule has 0 aliphatic carbocycles. The Morgan fingerprint density at radius 3 is 2.00 bits per heavy atom. The van der Waals surface area contributed by atoms with Crippen molar-refractivity contribution in [3.8, 4) is 0 Å². The van der Waals surface area contributed by atoms with Crippen molar-refractivity contribution in [1.29, 1.82) is 0 Å². The summed E-state index contributed by atoms with van der Waals surface area (Å²) in [7, 11) is 0. The van der Waals surface area contributed by atoms with Gasteiger partial charge >= 0.3 is 22.4 Å². The average Bonchev–Trinajstić information content (AvgIpc) is 2.68. The summed E-state index contributed by atoms with van der Waals surface area (Å²) in [6.45, 7) is 16.8. The molecule has 30 heavy (non-hydrogen) atoms. The summed E-state index contributed by atoms with van der Waals surface area (Å²) in [5.41, 5.74) is 1.39. The van der Waals surface area contributed by atoms with Gasteiger partial charge < -0.3 is 40.8 Å². The second-order valence-electron chi connectivity index (χ2n) is 9.14. The van der Waals surface area contributed by atoms with Crippen LogP contribution in [0.1, 0.15) is 33.3 Å². The van der Waals surface area contributed by atoms with Crippen LogP contribution in [0.15, 0.2) is 30.3 Å². The molecule has 169 valence electrons. The molecular formula is C22H36N4OS2Tc. The molecule has 0 amide bonds. The second kappa shape index (κ2) is 14.4. The number of nitrogens with zero attached hydrogens (tertiary/aromatic N) is 4. The fourth-order valence-corrected chi connectivity index (χ4v) is 3.44. The van der Waals surface area contributed by atoms with Gasteiger partial charge in [0.05, 0.1) is 0 Å². The fraction of sp³-hybridized carbons (Fsp3) is 0.727. The number of hydrogen-bond acceptors (Lipinski definition) is 5. The molecule has 1 aliphatic heterocycles. The van der Waals surface area contributed by atoms with Crippen molar-refractivity contribution >= 4 is 25.3 Å². The van der Waals surface area contributed by atoms with Crippen LogP contribution in [0.2, 0.25) is 0 Å². The van der Waals surface area contributed by atoms with E-state index >= 15 is 0 Å². The Morgan fingerprint density at radius 1 is 0.933 bits per heavy atom. The van der Waals surface area contributed by atoms with Gasteiger partial charge in [0.25, 0.3) is 0 Å². The van der Waals surface area contributed by atoms with Gasteiger partial charge in [-0.15, -0.1) is 6.04 Å². The van der Waals surface area contributed by atoms with Gasteiger partial charge in [0.15, 0.2) is 0 Å². The van der Waals surface area contributed by atoms with Crippen molar-refractivity contribution in [3.63, 3.8) is 0 Å². The number of hydrogen-bond donors (Lipinski definition) is 0. The Labute approximate surface area is 205 Å². The van der Waals surface area contributed by atoms with Crippen molar-refractivity contribution in [3.05, 3.63) is 46.5 Å². The van der Waals surface area contributed by atoms with E-state index in [0.29, 0.717) is 13.1 Å². The summed E-state index contributed by atoms with van der Waals surface area (Å²) in [5.74, 6) is 0. The summed E-state index contributed by atoms with van der Waals surface area (Å²) < 4.78 is 7.85. The normalized spacial score (nSPS) is 17.3. The van der Waals surface area contributed by atoms with E-state index in [-0.39, 0.29) is 15.5 Å². The van der Waals surface area contributed by atoms with Gasteiger partial charge in [0.1, 0.15) is 0 Å². The molecule has 0 bridgehead atoms. The van der Waals surface area contributed by atoms with E-state index in [1.807, 2.05) is 0 Å². The quantitative estimate of drug-likeness (QED) is 0.407. The van der Waals surface area contributed by atoms with Crippen LogP contribution in [-0.2, 0) is 54.2 Å². The van der Waals surface area contributed by atoms with Crippen LogP contribution in [-0.4, -0.2) is 77.7 Å². The summed E-state index contributed by atoms with van der Waals surface area (Å²) >= 11 is 11.8. The molecular weight excluding hydrogens is 499 g/mol. The molecule has 1 aromatic carbocycles.